The van der Waals surface area contributed by atoms with Crippen LogP contribution in [0.2, 0.25) is 0 Å². The highest BCUT2D eigenvalue weighted by molar-refractivity contribution is 6.04. The number of carbonyl (C=O) groups excluding carboxylic acids is 2. The van der Waals surface area contributed by atoms with E-state index in [2.05, 4.69) is 4.98 Å². The Morgan fingerprint density at radius 1 is 1.17 bits per heavy atom. The molecule has 122 valence electrons. The summed E-state index contributed by atoms with van der Waals surface area (Å²) in [6.07, 6.45) is 0. The van der Waals surface area contributed by atoms with Crippen LogP contribution < -0.4 is 21.4 Å². The number of carboxylic acids is 2. The molecule has 3 rings (SSSR count). The fraction of sp³-hybridized carbons (Fsp3) is 0.125. The quantitative estimate of drug-likeness (QED) is 0.476. The van der Waals surface area contributed by atoms with Gasteiger partial charge in [-0.05, 0) is 19.4 Å². The molecule has 1 aliphatic carbocycles. The SMILES string of the molecule is Cc1c2oc3c(C)ccc(C(=O)[O-])c3nc-2c(C(=O)[O-])c(N)c1=O. The number of nitrogens with two attached hydrogens (primary N) is 1. The van der Waals surface area contributed by atoms with Crippen molar-refractivity contribution in [2.75, 3.05) is 5.73 Å². The van der Waals surface area contributed by atoms with E-state index in [-0.39, 0.29) is 33.7 Å². The van der Waals surface area contributed by atoms with Crippen LogP contribution in [0, 0.1) is 13.8 Å². The van der Waals surface area contributed by atoms with Gasteiger partial charge in [0.1, 0.15) is 11.2 Å². The van der Waals surface area contributed by atoms with Crippen molar-refractivity contribution in [3.63, 3.8) is 0 Å². The molecule has 2 N–H and O–H groups in total. The lowest BCUT2D eigenvalue weighted by atomic mass is 10.0. The molecule has 0 unspecified atom stereocenters. The highest BCUT2D eigenvalue weighted by Crippen LogP contribution is 2.33. The number of aromatic carboxylic acids is 2. The van der Waals surface area contributed by atoms with Crippen molar-refractivity contribution in [3.8, 4) is 11.5 Å². The Bertz CT molecular complexity index is 1070. The Balaban J connectivity index is 2.64. The van der Waals surface area contributed by atoms with Gasteiger partial charge < -0.3 is 30.0 Å². The molecule has 0 aromatic heterocycles. The van der Waals surface area contributed by atoms with Gasteiger partial charge in [0.25, 0.3) is 0 Å². The second kappa shape index (κ2) is 5.05. The number of nitrogens with zero attached hydrogens (tertiary/aromatic N) is 1. The van der Waals surface area contributed by atoms with Crippen molar-refractivity contribution in [2.24, 2.45) is 0 Å². The predicted molar refractivity (Wildman–Crippen MR) is 79.4 cm³/mol. The van der Waals surface area contributed by atoms with E-state index in [1.54, 1.807) is 6.92 Å². The Morgan fingerprint density at radius 2 is 1.83 bits per heavy atom. The Hall–Kier alpha value is -3.42. The molecule has 2 aliphatic rings. The number of rotatable bonds is 2. The number of fused-ring (bicyclic) bond motifs is 2. The number of carboxylic acid groups (broad SMARTS) is 2. The molecule has 0 radical (unpaired) electrons. The van der Waals surface area contributed by atoms with Gasteiger partial charge in [-0.1, -0.05) is 12.1 Å². The van der Waals surface area contributed by atoms with E-state index >= 15 is 0 Å². The second-order valence-corrected chi connectivity index (χ2v) is 5.32. The minimum Gasteiger partial charge on any atom is -0.545 e. The largest absolute Gasteiger partial charge is 0.545 e. The zero-order valence-corrected chi connectivity index (χ0v) is 12.6. The van der Waals surface area contributed by atoms with E-state index in [0.717, 1.165) is 0 Å². The first kappa shape index (κ1) is 15.5. The van der Waals surface area contributed by atoms with Gasteiger partial charge in [-0.3, -0.25) is 4.79 Å². The summed E-state index contributed by atoms with van der Waals surface area (Å²) < 4.78 is 5.62. The predicted octanol–water partition coefficient (Wildman–Crippen LogP) is -0.781. The molecule has 0 fully saturated rings. The lowest BCUT2D eigenvalue weighted by Gasteiger charge is -2.18. The van der Waals surface area contributed by atoms with E-state index in [1.807, 2.05) is 0 Å². The highest BCUT2D eigenvalue weighted by Gasteiger charge is 2.25. The molecule has 1 heterocycles. The maximum absolute atomic E-state index is 12.1. The standard InChI is InChI=1S/C16H12N2O6/c1-5-3-4-7(15(20)21)10-13(5)24-14-6(2)12(19)9(17)8(16(22)23)11(14)18-10/h3-4H,17H2,1-2H3,(H,20,21)(H,22,23)/p-2. The minimum absolute atomic E-state index is 0.0696. The zero-order chi connectivity index (χ0) is 17.8. The maximum atomic E-state index is 12.1. The van der Waals surface area contributed by atoms with Gasteiger partial charge in [-0.25, -0.2) is 4.98 Å². The van der Waals surface area contributed by atoms with Crippen LogP contribution >= 0.6 is 0 Å². The molecule has 0 atom stereocenters. The summed E-state index contributed by atoms with van der Waals surface area (Å²) in [7, 11) is 0. The number of aromatic nitrogens is 1. The van der Waals surface area contributed by atoms with Gasteiger partial charge in [0.2, 0.25) is 5.43 Å². The molecule has 1 aliphatic heterocycles. The van der Waals surface area contributed by atoms with Gasteiger partial charge in [-0.2, -0.15) is 0 Å². The number of hydrogen-bond donors (Lipinski definition) is 1. The summed E-state index contributed by atoms with van der Waals surface area (Å²) in [4.78, 5) is 38.8. The molecule has 8 nitrogen and oxygen atoms in total. The summed E-state index contributed by atoms with van der Waals surface area (Å²) in [6, 6.07) is 2.77. The van der Waals surface area contributed by atoms with Crippen LogP contribution in [0.5, 0.6) is 0 Å². The summed E-state index contributed by atoms with van der Waals surface area (Å²) >= 11 is 0. The van der Waals surface area contributed by atoms with Gasteiger partial charge in [0.15, 0.2) is 11.3 Å². The van der Waals surface area contributed by atoms with Crippen LogP contribution in [-0.2, 0) is 0 Å². The van der Waals surface area contributed by atoms with E-state index in [9.17, 15) is 24.6 Å². The molecule has 0 spiro atoms. The Labute approximate surface area is 134 Å². The first-order valence-corrected chi connectivity index (χ1v) is 6.83. The van der Waals surface area contributed by atoms with Crippen molar-refractivity contribution in [1.29, 1.82) is 0 Å². The van der Waals surface area contributed by atoms with Crippen molar-refractivity contribution in [2.45, 2.75) is 13.8 Å². The van der Waals surface area contributed by atoms with Crippen molar-refractivity contribution >= 4 is 28.7 Å². The average Bonchev–Trinajstić information content (AvgIpc) is 2.51. The van der Waals surface area contributed by atoms with Crippen LogP contribution in [0.15, 0.2) is 21.3 Å². The summed E-state index contributed by atoms with van der Waals surface area (Å²) in [5.74, 6) is -3.29. The first-order chi connectivity index (χ1) is 11.2. The van der Waals surface area contributed by atoms with Gasteiger partial charge in [0.05, 0.1) is 23.2 Å². The van der Waals surface area contributed by atoms with E-state index < -0.39 is 28.6 Å². The van der Waals surface area contributed by atoms with Crippen LogP contribution in [0.4, 0.5) is 5.69 Å². The number of hydrogen-bond acceptors (Lipinski definition) is 8. The molecular weight excluding hydrogens is 316 g/mol. The number of carbonyl (C=O) groups is 2. The molecule has 0 bridgehead atoms. The lowest BCUT2D eigenvalue weighted by Crippen LogP contribution is -2.29. The fourth-order valence-corrected chi connectivity index (χ4v) is 2.57. The van der Waals surface area contributed by atoms with E-state index in [4.69, 9.17) is 10.2 Å². The fourth-order valence-electron chi connectivity index (χ4n) is 2.57. The number of nitrogen functional groups attached to an aromatic ring is 1. The molecule has 8 heteroatoms. The number of aryl methyl sites for hydroxylation is 1. The Kier molecular flexibility index (Phi) is 3.26. The topological polar surface area (TPSA) is 149 Å². The minimum atomic E-state index is -1.71. The van der Waals surface area contributed by atoms with Crippen molar-refractivity contribution < 1.29 is 24.2 Å². The first-order valence-electron chi connectivity index (χ1n) is 6.83. The molecule has 0 saturated heterocycles. The Morgan fingerprint density at radius 3 is 2.42 bits per heavy atom. The maximum Gasteiger partial charge on any atom is 0.208 e. The molecule has 24 heavy (non-hydrogen) atoms. The van der Waals surface area contributed by atoms with Gasteiger partial charge in [0, 0.05) is 11.1 Å². The third kappa shape index (κ3) is 2.00. The third-order valence-corrected chi connectivity index (χ3v) is 3.83. The normalized spacial score (nSPS) is 11.1. The molecule has 1 aromatic carbocycles. The molecular formula is C16H10N2O6-2. The van der Waals surface area contributed by atoms with Crippen molar-refractivity contribution in [3.05, 3.63) is 44.6 Å². The van der Waals surface area contributed by atoms with E-state index in [0.29, 0.717) is 5.56 Å². The summed E-state index contributed by atoms with van der Waals surface area (Å²) in [6.45, 7) is 3.07. The highest BCUT2D eigenvalue weighted by atomic mass is 16.4. The van der Waals surface area contributed by atoms with E-state index in [1.165, 1.54) is 19.1 Å². The summed E-state index contributed by atoms with van der Waals surface area (Å²) in [5.41, 5.74) is 3.83. The van der Waals surface area contributed by atoms with Crippen LogP contribution in [0.25, 0.3) is 22.6 Å². The monoisotopic (exact) mass is 326 g/mol. The third-order valence-electron chi connectivity index (χ3n) is 3.83. The van der Waals surface area contributed by atoms with Gasteiger partial charge >= 0.3 is 0 Å². The van der Waals surface area contributed by atoms with Crippen LogP contribution in [-0.4, -0.2) is 16.9 Å². The smallest absolute Gasteiger partial charge is 0.208 e. The summed E-state index contributed by atoms with van der Waals surface area (Å²) in [5, 5.41) is 22.7. The van der Waals surface area contributed by atoms with Gasteiger partial charge in [-0.15, -0.1) is 0 Å². The van der Waals surface area contributed by atoms with Crippen molar-refractivity contribution in [1.82, 2.24) is 4.98 Å². The number of benzene rings is 2. The zero-order valence-electron chi connectivity index (χ0n) is 12.6. The lowest BCUT2D eigenvalue weighted by molar-refractivity contribution is -0.255. The average molecular weight is 326 g/mol. The number of anilines is 1. The molecule has 0 amide bonds. The van der Waals surface area contributed by atoms with Crippen LogP contribution in [0.3, 0.4) is 0 Å². The second-order valence-electron chi connectivity index (χ2n) is 5.32. The molecule has 1 aromatic rings. The molecule has 0 saturated carbocycles. The van der Waals surface area contributed by atoms with Crippen LogP contribution in [0.1, 0.15) is 31.8 Å².